The second-order valence-electron chi connectivity index (χ2n) is 8.55. The summed E-state index contributed by atoms with van der Waals surface area (Å²) in [5, 5.41) is 13.5. The number of nitrogens with one attached hydrogen (secondary N) is 2. The highest BCUT2D eigenvalue weighted by Gasteiger charge is 2.28. The molecule has 2 N–H and O–H groups in total. The van der Waals surface area contributed by atoms with Crippen LogP contribution in [0.5, 0.6) is 0 Å². The number of rotatable bonds is 10. The van der Waals surface area contributed by atoms with E-state index in [0.717, 1.165) is 11.1 Å². The van der Waals surface area contributed by atoms with Crippen LogP contribution in [0.15, 0.2) is 72.8 Å². The molecule has 1 heterocycles. The maximum atomic E-state index is 13.1. The predicted octanol–water partition coefficient (Wildman–Crippen LogP) is 5.51. The zero-order valence-electron chi connectivity index (χ0n) is 20.7. The summed E-state index contributed by atoms with van der Waals surface area (Å²) >= 11 is 12.0. The zero-order chi connectivity index (χ0) is 28.7. The third-order valence-corrected chi connectivity index (χ3v) is 6.33. The van der Waals surface area contributed by atoms with E-state index in [9.17, 15) is 22.8 Å². The Labute approximate surface area is 237 Å². The van der Waals surface area contributed by atoms with Gasteiger partial charge in [0.25, 0.3) is 11.8 Å². The molecule has 0 aliphatic rings. The van der Waals surface area contributed by atoms with E-state index in [1.807, 2.05) is 35.6 Å². The van der Waals surface area contributed by atoms with Gasteiger partial charge in [-0.3, -0.25) is 9.59 Å². The van der Waals surface area contributed by atoms with Crippen molar-refractivity contribution in [1.82, 2.24) is 25.6 Å². The molecular weight excluding hydrogens is 570 g/mol. The van der Waals surface area contributed by atoms with Crippen LogP contribution in [0.3, 0.4) is 0 Å². The monoisotopic (exact) mass is 591 g/mol. The van der Waals surface area contributed by atoms with Crippen LogP contribution in [-0.2, 0) is 24.5 Å². The number of carbonyl (C=O) groups is 2. The van der Waals surface area contributed by atoms with Gasteiger partial charge in [0.15, 0.2) is 5.69 Å². The Morgan fingerprint density at radius 3 is 2.25 bits per heavy atom. The summed E-state index contributed by atoms with van der Waals surface area (Å²) in [5.74, 6) is -1.39. The maximum Gasteiger partial charge on any atom is 0.405 e. The Bertz CT molecular complexity index is 1480. The topological polar surface area (TPSA) is 98.1 Å². The fraction of sp³-hybridized carbons (Fsp3) is 0.185. The van der Waals surface area contributed by atoms with E-state index >= 15 is 0 Å². The lowest BCUT2D eigenvalue weighted by atomic mass is 10.2. The largest absolute Gasteiger partial charge is 0.405 e. The van der Waals surface area contributed by atoms with E-state index in [2.05, 4.69) is 15.6 Å². The van der Waals surface area contributed by atoms with Crippen LogP contribution in [0.1, 0.15) is 37.7 Å². The van der Waals surface area contributed by atoms with Crippen molar-refractivity contribution in [2.75, 3.05) is 6.54 Å². The number of hydrogen-bond acceptors (Lipinski definition) is 5. The van der Waals surface area contributed by atoms with Gasteiger partial charge < -0.3 is 15.4 Å². The van der Waals surface area contributed by atoms with Crippen LogP contribution < -0.4 is 10.6 Å². The van der Waals surface area contributed by atoms with Gasteiger partial charge in [-0.1, -0.05) is 64.8 Å². The molecule has 1 aromatic heterocycles. The fourth-order valence-corrected chi connectivity index (χ4v) is 3.93. The molecule has 4 rings (SSSR count). The second-order valence-corrected chi connectivity index (χ2v) is 9.37. The summed E-state index contributed by atoms with van der Waals surface area (Å²) in [6.45, 7) is -1.07. The van der Waals surface area contributed by atoms with E-state index in [-0.39, 0.29) is 31.0 Å². The number of alkyl halides is 3. The van der Waals surface area contributed by atoms with Crippen LogP contribution in [0.25, 0.3) is 5.69 Å². The summed E-state index contributed by atoms with van der Waals surface area (Å²) in [5.41, 5.74) is 2.42. The second kappa shape index (κ2) is 12.9. The Hall–Kier alpha value is -3.93. The van der Waals surface area contributed by atoms with Crippen molar-refractivity contribution >= 4 is 35.0 Å². The third kappa shape index (κ3) is 7.81. The van der Waals surface area contributed by atoms with Gasteiger partial charge in [0, 0.05) is 12.1 Å². The van der Waals surface area contributed by atoms with E-state index in [0.29, 0.717) is 21.4 Å². The van der Waals surface area contributed by atoms with Gasteiger partial charge in [-0.05, 0) is 47.5 Å². The normalized spacial score (nSPS) is 11.3. The van der Waals surface area contributed by atoms with Crippen LogP contribution in [0.2, 0.25) is 10.0 Å². The molecule has 208 valence electrons. The van der Waals surface area contributed by atoms with E-state index < -0.39 is 24.5 Å². The first-order valence-corrected chi connectivity index (χ1v) is 12.6. The van der Waals surface area contributed by atoms with Gasteiger partial charge >= 0.3 is 6.18 Å². The number of amides is 2. The quantitative estimate of drug-likeness (QED) is 0.253. The van der Waals surface area contributed by atoms with Crippen LogP contribution in [0.4, 0.5) is 13.2 Å². The molecule has 0 saturated heterocycles. The molecule has 0 aliphatic carbocycles. The molecule has 0 bridgehead atoms. The number of carbonyl (C=O) groups excluding carboxylic acids is 2. The summed E-state index contributed by atoms with van der Waals surface area (Å²) in [6, 6.07) is 20.1. The Kier molecular flexibility index (Phi) is 9.41. The van der Waals surface area contributed by atoms with Gasteiger partial charge in [0.1, 0.15) is 12.2 Å². The molecule has 13 heteroatoms. The van der Waals surface area contributed by atoms with E-state index in [4.69, 9.17) is 27.9 Å². The number of halogens is 5. The number of benzene rings is 3. The van der Waals surface area contributed by atoms with Crippen LogP contribution in [0, 0.1) is 0 Å². The number of hydrogen-bond donors (Lipinski definition) is 2. The molecular formula is C27H22Cl2F3N5O3. The Morgan fingerprint density at radius 2 is 1.57 bits per heavy atom. The molecule has 0 atom stereocenters. The highest BCUT2D eigenvalue weighted by atomic mass is 35.5. The molecule has 3 aromatic carbocycles. The lowest BCUT2D eigenvalue weighted by Crippen LogP contribution is -2.33. The first-order valence-electron chi connectivity index (χ1n) is 11.8. The van der Waals surface area contributed by atoms with Crippen molar-refractivity contribution in [2.45, 2.75) is 25.9 Å². The number of aromatic nitrogens is 3. The lowest BCUT2D eigenvalue weighted by Gasteiger charge is -2.11. The molecule has 0 unspecified atom stereocenters. The molecule has 2 amide bonds. The van der Waals surface area contributed by atoms with Gasteiger partial charge in [-0.2, -0.15) is 13.2 Å². The highest BCUT2D eigenvalue weighted by molar-refractivity contribution is 6.42. The summed E-state index contributed by atoms with van der Waals surface area (Å²) in [4.78, 5) is 25.1. The van der Waals surface area contributed by atoms with Crippen LogP contribution >= 0.6 is 23.2 Å². The van der Waals surface area contributed by atoms with Crippen molar-refractivity contribution in [2.24, 2.45) is 0 Å². The van der Waals surface area contributed by atoms with E-state index in [1.165, 1.54) is 28.9 Å². The summed E-state index contributed by atoms with van der Waals surface area (Å²) < 4.78 is 44.5. The average Bonchev–Trinajstić information content (AvgIpc) is 3.36. The molecule has 40 heavy (non-hydrogen) atoms. The Balaban J connectivity index is 1.53. The molecule has 0 radical (unpaired) electrons. The molecule has 0 saturated carbocycles. The highest BCUT2D eigenvalue weighted by Crippen LogP contribution is 2.23. The SMILES string of the molecule is O=C(NCC(F)(F)F)c1ccc(-n2nnc(C(=O)NCc3ccc(Cl)c(Cl)c3)c2COCc2ccccc2)cc1. The predicted molar refractivity (Wildman–Crippen MR) is 142 cm³/mol. The Morgan fingerprint density at radius 1 is 0.850 bits per heavy atom. The molecule has 0 aliphatic heterocycles. The summed E-state index contributed by atoms with van der Waals surface area (Å²) in [6.07, 6.45) is -4.53. The van der Waals surface area contributed by atoms with Crippen LogP contribution in [-0.4, -0.2) is 39.5 Å². The van der Waals surface area contributed by atoms with Crippen molar-refractivity contribution < 1.29 is 27.5 Å². The summed E-state index contributed by atoms with van der Waals surface area (Å²) in [7, 11) is 0. The minimum absolute atomic E-state index is 0.0140. The van der Waals surface area contributed by atoms with Crippen molar-refractivity contribution in [3.05, 3.63) is 111 Å². The minimum Gasteiger partial charge on any atom is -0.370 e. The lowest BCUT2D eigenvalue weighted by molar-refractivity contribution is -0.123. The fourth-order valence-electron chi connectivity index (χ4n) is 3.61. The maximum absolute atomic E-state index is 13.1. The van der Waals surface area contributed by atoms with Crippen molar-refractivity contribution in [3.63, 3.8) is 0 Å². The van der Waals surface area contributed by atoms with E-state index in [1.54, 1.807) is 18.2 Å². The molecule has 0 fully saturated rings. The molecule has 8 nitrogen and oxygen atoms in total. The van der Waals surface area contributed by atoms with Gasteiger partial charge in [-0.15, -0.1) is 5.10 Å². The number of nitrogens with zero attached hydrogens (tertiary/aromatic N) is 3. The standard InChI is InChI=1S/C27H22Cl2F3N5O3/c28-21-11-6-18(12-22(21)29)13-33-26(39)24-23(15-40-14-17-4-2-1-3-5-17)37(36-35-24)20-9-7-19(8-10-20)25(38)34-16-27(30,31)32/h1-12H,13-16H2,(H,33,39)(H,34,38). The zero-order valence-corrected chi connectivity index (χ0v) is 22.2. The first kappa shape index (κ1) is 29.1. The number of ether oxygens (including phenoxy) is 1. The smallest absolute Gasteiger partial charge is 0.370 e. The molecule has 0 spiro atoms. The van der Waals surface area contributed by atoms with Crippen molar-refractivity contribution in [1.29, 1.82) is 0 Å². The van der Waals surface area contributed by atoms with Gasteiger partial charge in [0.2, 0.25) is 0 Å². The first-order chi connectivity index (χ1) is 19.1. The van der Waals surface area contributed by atoms with Crippen molar-refractivity contribution in [3.8, 4) is 5.69 Å². The average molecular weight is 592 g/mol. The molecule has 4 aromatic rings. The third-order valence-electron chi connectivity index (χ3n) is 5.59. The van der Waals surface area contributed by atoms with Gasteiger partial charge in [0.05, 0.1) is 28.9 Å². The van der Waals surface area contributed by atoms with Gasteiger partial charge in [-0.25, -0.2) is 4.68 Å². The minimum atomic E-state index is -4.53.